The summed E-state index contributed by atoms with van der Waals surface area (Å²) in [4.78, 5) is 24.6. The molecule has 6 nitrogen and oxygen atoms in total. The third-order valence-corrected chi connectivity index (χ3v) is 4.67. The highest BCUT2D eigenvalue weighted by Gasteiger charge is 2.38. The van der Waals surface area contributed by atoms with E-state index in [0.717, 1.165) is 11.4 Å². The highest BCUT2D eigenvalue weighted by atomic mass is 16.6. The lowest BCUT2D eigenvalue weighted by Gasteiger charge is -2.23. The first-order chi connectivity index (χ1) is 12.3. The predicted molar refractivity (Wildman–Crippen MR) is 99.6 cm³/mol. The lowest BCUT2D eigenvalue weighted by atomic mass is 9.83. The maximum absolute atomic E-state index is 12.4. The summed E-state index contributed by atoms with van der Waals surface area (Å²) in [6.45, 7) is 4.05. The summed E-state index contributed by atoms with van der Waals surface area (Å²) >= 11 is 0. The molecule has 0 fully saturated rings. The molecule has 3 rings (SSSR count). The quantitative estimate of drug-likeness (QED) is 0.464. The number of hydrogen-bond donors (Lipinski definition) is 0. The zero-order valence-electron chi connectivity index (χ0n) is 14.9. The van der Waals surface area contributed by atoms with Crippen LogP contribution in [0.2, 0.25) is 0 Å². The first kappa shape index (κ1) is 17.7. The number of nitro groups is 1. The fourth-order valence-corrected chi connectivity index (χ4v) is 3.27. The van der Waals surface area contributed by atoms with E-state index in [1.807, 2.05) is 30.1 Å². The van der Waals surface area contributed by atoms with E-state index in [0.29, 0.717) is 5.75 Å². The van der Waals surface area contributed by atoms with Crippen molar-refractivity contribution in [3.05, 3.63) is 76.0 Å². The molecule has 1 aliphatic heterocycles. The van der Waals surface area contributed by atoms with Crippen LogP contribution in [0.4, 0.5) is 11.4 Å². The van der Waals surface area contributed by atoms with E-state index in [-0.39, 0.29) is 23.5 Å². The second-order valence-electron chi connectivity index (χ2n) is 6.74. The normalized spacial score (nSPS) is 16.4. The number of hydrogen-bond acceptors (Lipinski definition) is 5. The molecule has 0 N–H and O–H groups in total. The van der Waals surface area contributed by atoms with Crippen LogP contribution in [0, 0.1) is 10.1 Å². The minimum absolute atomic E-state index is 0.0158. The van der Waals surface area contributed by atoms with Crippen molar-refractivity contribution < 1.29 is 14.5 Å². The molecule has 0 aromatic heterocycles. The van der Waals surface area contributed by atoms with E-state index in [4.69, 9.17) is 4.74 Å². The van der Waals surface area contributed by atoms with Gasteiger partial charge in [-0.15, -0.1) is 0 Å². The number of para-hydroxylation sites is 1. The zero-order chi connectivity index (χ0) is 18.9. The molecule has 134 valence electrons. The number of nitrogens with zero attached hydrogens (tertiary/aromatic N) is 2. The van der Waals surface area contributed by atoms with Gasteiger partial charge in [0, 0.05) is 42.1 Å². The average Bonchev–Trinajstić information content (AvgIpc) is 2.81. The second kappa shape index (κ2) is 6.63. The summed E-state index contributed by atoms with van der Waals surface area (Å²) in [7, 11) is 1.95. The Hall–Kier alpha value is -3.15. The van der Waals surface area contributed by atoms with Gasteiger partial charge in [-0.25, -0.2) is 0 Å². The summed E-state index contributed by atoms with van der Waals surface area (Å²) in [5.41, 5.74) is 2.90. The topological polar surface area (TPSA) is 72.7 Å². The van der Waals surface area contributed by atoms with Crippen molar-refractivity contribution in [1.82, 2.24) is 0 Å². The van der Waals surface area contributed by atoms with E-state index in [1.54, 1.807) is 6.08 Å². The molecule has 0 unspecified atom stereocenters. The number of allylic oxidation sites excluding steroid dienone is 1. The van der Waals surface area contributed by atoms with Crippen LogP contribution in [0.3, 0.4) is 0 Å². The Morgan fingerprint density at radius 3 is 2.46 bits per heavy atom. The van der Waals surface area contributed by atoms with Crippen LogP contribution in [0.25, 0.3) is 0 Å². The van der Waals surface area contributed by atoms with E-state index >= 15 is 0 Å². The Bertz CT molecular complexity index is 885. The number of non-ortho nitro benzene ring substituents is 1. The van der Waals surface area contributed by atoms with Crippen LogP contribution in [0.1, 0.15) is 19.4 Å². The number of anilines is 1. The number of carbonyl (C=O) groups excluding carboxylic acids is 1. The van der Waals surface area contributed by atoms with Gasteiger partial charge >= 0.3 is 0 Å². The van der Waals surface area contributed by atoms with E-state index in [9.17, 15) is 14.9 Å². The van der Waals surface area contributed by atoms with Crippen LogP contribution in [0.5, 0.6) is 5.75 Å². The smallest absolute Gasteiger partial charge is 0.269 e. The van der Waals surface area contributed by atoms with Crippen LogP contribution in [-0.2, 0) is 10.2 Å². The first-order valence-electron chi connectivity index (χ1n) is 8.26. The number of nitro benzene ring substituents is 1. The molecule has 1 aliphatic rings. The van der Waals surface area contributed by atoms with Gasteiger partial charge < -0.3 is 9.64 Å². The van der Waals surface area contributed by atoms with E-state index < -0.39 is 4.92 Å². The number of rotatable bonds is 5. The molecule has 26 heavy (non-hydrogen) atoms. The summed E-state index contributed by atoms with van der Waals surface area (Å²) in [6, 6.07) is 13.8. The standard InChI is InChI=1S/C20H20N2O4/c1-20(2)17-6-4-5-7-18(17)21(3)19(20)12-15(23)13-26-16-10-8-14(9-11-16)22(24)25/h4-12H,13H2,1-3H3. The first-order valence-corrected chi connectivity index (χ1v) is 8.26. The molecular weight excluding hydrogens is 332 g/mol. The van der Waals surface area contributed by atoms with Crippen molar-refractivity contribution in [1.29, 1.82) is 0 Å². The average molecular weight is 352 g/mol. The third kappa shape index (κ3) is 3.18. The summed E-state index contributed by atoms with van der Waals surface area (Å²) in [5, 5.41) is 10.7. The van der Waals surface area contributed by atoms with Gasteiger partial charge in [0.05, 0.1) is 4.92 Å². The number of fused-ring (bicyclic) bond motifs is 1. The van der Waals surface area contributed by atoms with Gasteiger partial charge in [-0.3, -0.25) is 14.9 Å². The van der Waals surface area contributed by atoms with Crippen molar-refractivity contribution in [2.45, 2.75) is 19.3 Å². The van der Waals surface area contributed by atoms with Crippen molar-refractivity contribution in [3.63, 3.8) is 0 Å². The molecule has 2 aromatic rings. The molecular formula is C20H20N2O4. The molecule has 0 aliphatic carbocycles. The van der Waals surface area contributed by atoms with Crippen molar-refractivity contribution in [2.75, 3.05) is 18.6 Å². The lowest BCUT2D eigenvalue weighted by molar-refractivity contribution is -0.384. The summed E-state index contributed by atoms with van der Waals surface area (Å²) in [5.74, 6) is 0.260. The second-order valence-corrected chi connectivity index (χ2v) is 6.74. The van der Waals surface area contributed by atoms with Crippen molar-refractivity contribution in [3.8, 4) is 5.75 Å². The van der Waals surface area contributed by atoms with Crippen molar-refractivity contribution in [2.24, 2.45) is 0 Å². The van der Waals surface area contributed by atoms with Gasteiger partial charge in [0.2, 0.25) is 0 Å². The molecule has 0 saturated carbocycles. The number of carbonyl (C=O) groups is 1. The fourth-order valence-electron chi connectivity index (χ4n) is 3.27. The van der Waals surface area contributed by atoms with Gasteiger partial charge in [0.1, 0.15) is 5.75 Å². The largest absolute Gasteiger partial charge is 0.485 e. The summed E-state index contributed by atoms with van der Waals surface area (Å²) < 4.78 is 5.46. The Morgan fingerprint density at radius 1 is 1.19 bits per heavy atom. The molecule has 0 atom stereocenters. The molecule has 0 saturated heterocycles. The molecule has 0 bridgehead atoms. The maximum Gasteiger partial charge on any atom is 0.269 e. The minimum Gasteiger partial charge on any atom is -0.485 e. The Balaban J connectivity index is 1.72. The molecule has 0 spiro atoms. The highest BCUT2D eigenvalue weighted by molar-refractivity contribution is 5.93. The van der Waals surface area contributed by atoms with Crippen LogP contribution < -0.4 is 9.64 Å². The number of ether oxygens (including phenoxy) is 1. The van der Waals surface area contributed by atoms with Gasteiger partial charge in [0.25, 0.3) is 5.69 Å². The van der Waals surface area contributed by atoms with E-state index in [1.165, 1.54) is 29.8 Å². The SMILES string of the molecule is CN1C(=CC(=O)COc2ccc([N+](=O)[O-])cc2)C(C)(C)c2ccccc21. The summed E-state index contributed by atoms with van der Waals surface area (Å²) in [6.07, 6.45) is 1.62. The Kier molecular flexibility index (Phi) is 4.50. The molecule has 0 amide bonds. The molecule has 1 heterocycles. The van der Waals surface area contributed by atoms with Crippen molar-refractivity contribution >= 4 is 17.2 Å². The number of ketones is 1. The monoisotopic (exact) mass is 352 g/mol. The third-order valence-electron chi connectivity index (χ3n) is 4.67. The van der Waals surface area contributed by atoms with E-state index in [2.05, 4.69) is 19.9 Å². The van der Waals surface area contributed by atoms with Gasteiger partial charge in [-0.1, -0.05) is 32.0 Å². The van der Waals surface area contributed by atoms with Crippen LogP contribution in [0.15, 0.2) is 60.3 Å². The molecule has 2 aromatic carbocycles. The van der Waals surface area contributed by atoms with Crippen LogP contribution in [-0.4, -0.2) is 24.4 Å². The van der Waals surface area contributed by atoms with Crippen LogP contribution >= 0.6 is 0 Å². The molecule has 6 heteroatoms. The van der Waals surface area contributed by atoms with Gasteiger partial charge in [-0.2, -0.15) is 0 Å². The zero-order valence-corrected chi connectivity index (χ0v) is 14.9. The Morgan fingerprint density at radius 2 is 1.85 bits per heavy atom. The fraction of sp³-hybridized carbons (Fsp3) is 0.250. The predicted octanol–water partition coefficient (Wildman–Crippen LogP) is 3.85. The lowest BCUT2D eigenvalue weighted by Crippen LogP contribution is -2.25. The van der Waals surface area contributed by atoms with Gasteiger partial charge in [-0.05, 0) is 23.8 Å². The highest BCUT2D eigenvalue weighted by Crippen LogP contribution is 2.46. The Labute approximate surface area is 151 Å². The van der Waals surface area contributed by atoms with Gasteiger partial charge in [0.15, 0.2) is 12.4 Å². The maximum atomic E-state index is 12.4. The minimum atomic E-state index is -0.477. The number of benzene rings is 2. The molecule has 0 radical (unpaired) electrons. The number of likely N-dealkylation sites (N-methyl/N-ethyl adjacent to an activating group) is 1.